The molecule has 3 N–H and O–H groups in total. The zero-order valence-electron chi connectivity index (χ0n) is 26.1. The van der Waals surface area contributed by atoms with Gasteiger partial charge in [-0.05, 0) is 75.3 Å². The van der Waals surface area contributed by atoms with E-state index in [2.05, 4.69) is 21.8 Å². The number of nitrogen functional groups attached to an aromatic ring is 1. The lowest BCUT2D eigenvalue weighted by Crippen LogP contribution is -2.58. The van der Waals surface area contributed by atoms with E-state index in [0.29, 0.717) is 37.3 Å². The summed E-state index contributed by atoms with van der Waals surface area (Å²) in [7, 11) is 0. The van der Waals surface area contributed by atoms with Gasteiger partial charge in [0.1, 0.15) is 17.9 Å². The van der Waals surface area contributed by atoms with Gasteiger partial charge in [-0.2, -0.15) is 31.9 Å². The molecule has 3 aromatic rings. The van der Waals surface area contributed by atoms with Gasteiger partial charge in [0.15, 0.2) is 5.82 Å². The fourth-order valence-electron chi connectivity index (χ4n) is 8.90. The van der Waals surface area contributed by atoms with Crippen molar-refractivity contribution in [3.63, 3.8) is 0 Å². The van der Waals surface area contributed by atoms with Crippen LogP contribution in [0.25, 0.3) is 27.6 Å². The Morgan fingerprint density at radius 2 is 2.00 bits per heavy atom. The third kappa shape index (κ3) is 4.79. The quantitative estimate of drug-likeness (QED) is 0.217. The fourth-order valence-corrected chi connectivity index (χ4v) is 9.31. The lowest BCUT2D eigenvalue weighted by Gasteiger charge is -2.41. The monoisotopic (exact) mass is 690 g/mol. The van der Waals surface area contributed by atoms with Gasteiger partial charge < -0.3 is 20.7 Å². The second-order valence-corrected chi connectivity index (χ2v) is 14.2. The number of rotatable bonds is 4. The van der Waals surface area contributed by atoms with Crippen molar-refractivity contribution in [1.82, 2.24) is 20.2 Å². The molecule has 254 valence electrons. The highest BCUT2D eigenvalue weighted by molar-refractivity contribution is 6.37. The minimum atomic E-state index is -4.85. The predicted octanol–water partition coefficient (Wildman–Crippen LogP) is 7.49. The minimum absolute atomic E-state index is 0.0115. The van der Waals surface area contributed by atoms with Crippen LogP contribution in [0.5, 0.6) is 6.01 Å². The number of hydrogen-bond acceptors (Lipinski definition) is 7. The van der Waals surface area contributed by atoms with E-state index in [9.17, 15) is 22.0 Å². The van der Waals surface area contributed by atoms with Gasteiger partial charge in [0, 0.05) is 59.2 Å². The number of aryl methyl sites for hydroxylation is 1. The van der Waals surface area contributed by atoms with Crippen molar-refractivity contribution in [2.24, 2.45) is 0 Å². The van der Waals surface area contributed by atoms with E-state index >= 15 is 4.39 Å². The van der Waals surface area contributed by atoms with Crippen molar-refractivity contribution in [2.75, 3.05) is 36.9 Å². The Morgan fingerprint density at radius 1 is 1.21 bits per heavy atom. The number of aromatic nitrogens is 2. The second-order valence-electron chi connectivity index (χ2n) is 13.8. The number of nitrogens with zero attached hydrogens (tertiary/aromatic N) is 4. The van der Waals surface area contributed by atoms with E-state index < -0.39 is 40.3 Å². The molecule has 4 saturated heterocycles. The predicted molar refractivity (Wildman–Crippen MR) is 172 cm³/mol. The van der Waals surface area contributed by atoms with Crippen molar-refractivity contribution < 1.29 is 31.1 Å². The Kier molecular flexibility index (Phi) is 7.25. The summed E-state index contributed by atoms with van der Waals surface area (Å²) in [5.41, 5.74) is 3.74. The highest BCUT2D eigenvalue weighted by Gasteiger charge is 2.49. The van der Waals surface area contributed by atoms with Gasteiger partial charge in [-0.25, -0.2) is 4.39 Å². The molecule has 14 heteroatoms. The molecule has 0 unspecified atom stereocenters. The fraction of sp³-hybridized carbons (Fsp3) is 0.471. The first kappa shape index (κ1) is 31.7. The second kappa shape index (κ2) is 11.0. The van der Waals surface area contributed by atoms with Crippen LogP contribution < -0.4 is 20.7 Å². The van der Waals surface area contributed by atoms with E-state index in [1.54, 1.807) is 0 Å². The summed E-state index contributed by atoms with van der Waals surface area (Å²) in [5, 5.41) is 3.66. The van der Waals surface area contributed by atoms with Gasteiger partial charge in [0.05, 0.1) is 21.5 Å². The summed E-state index contributed by atoms with van der Waals surface area (Å²) in [6.45, 7) is 6.88. The normalized spacial score (nSPS) is 26.7. The average molecular weight is 691 g/mol. The molecule has 5 aliphatic rings. The Balaban J connectivity index is 1.35. The first-order valence-electron chi connectivity index (χ1n) is 16.1. The number of halogens is 7. The SMILES string of the molecule is C=C1C[C@H]2[C@@H]3CC[C@H](CN2c2nc(OC[C@@]45CCCN4CC(=C(F)F)C5)nc4c(F)c(-c5cc(N)cc(C)c5C(F)(F)F)c(Cl)c1c24)N3. The lowest BCUT2D eigenvalue weighted by molar-refractivity contribution is -0.137. The molecule has 1 aromatic heterocycles. The molecular weight excluding hydrogens is 658 g/mol. The number of fused-ring (bicyclic) bond motifs is 6. The van der Waals surface area contributed by atoms with Gasteiger partial charge in [0.25, 0.3) is 6.08 Å². The van der Waals surface area contributed by atoms with Crippen LogP contribution in [-0.2, 0) is 6.18 Å². The highest BCUT2D eigenvalue weighted by Crippen LogP contribution is 2.52. The van der Waals surface area contributed by atoms with Crippen molar-refractivity contribution in [1.29, 1.82) is 0 Å². The van der Waals surface area contributed by atoms with Gasteiger partial charge in [-0.1, -0.05) is 18.2 Å². The van der Waals surface area contributed by atoms with E-state index in [-0.39, 0.29) is 82.0 Å². The first-order chi connectivity index (χ1) is 22.8. The molecule has 2 bridgehead atoms. The Morgan fingerprint density at radius 3 is 2.75 bits per heavy atom. The van der Waals surface area contributed by atoms with Crippen LogP contribution in [0.3, 0.4) is 0 Å². The van der Waals surface area contributed by atoms with E-state index in [1.165, 1.54) is 13.0 Å². The van der Waals surface area contributed by atoms with Gasteiger partial charge in [0.2, 0.25) is 0 Å². The summed E-state index contributed by atoms with van der Waals surface area (Å²) in [6, 6.07) is 2.16. The summed E-state index contributed by atoms with van der Waals surface area (Å²) in [6.07, 6.45) is -2.73. The largest absolute Gasteiger partial charge is 0.461 e. The number of benzene rings is 2. The number of hydrogen-bond donors (Lipinski definition) is 2. The molecule has 7 nitrogen and oxygen atoms in total. The van der Waals surface area contributed by atoms with Crippen LogP contribution in [0.15, 0.2) is 30.4 Å². The number of nitrogens with one attached hydrogen (secondary N) is 1. The molecule has 2 aromatic carbocycles. The number of anilines is 2. The zero-order valence-corrected chi connectivity index (χ0v) is 26.8. The smallest absolute Gasteiger partial charge is 0.417 e. The molecule has 0 radical (unpaired) electrons. The average Bonchev–Trinajstić information content (AvgIpc) is 3.67. The lowest BCUT2D eigenvalue weighted by atomic mass is 9.89. The van der Waals surface area contributed by atoms with Gasteiger partial charge >= 0.3 is 12.2 Å². The van der Waals surface area contributed by atoms with Crippen LogP contribution in [0.2, 0.25) is 5.02 Å². The van der Waals surface area contributed by atoms with Crippen LogP contribution in [0, 0.1) is 12.7 Å². The minimum Gasteiger partial charge on any atom is -0.461 e. The summed E-state index contributed by atoms with van der Waals surface area (Å²) >= 11 is 6.99. The Bertz CT molecular complexity index is 1930. The maximum atomic E-state index is 17.1. The molecule has 4 atom stereocenters. The molecule has 0 aliphatic carbocycles. The van der Waals surface area contributed by atoms with Crippen LogP contribution in [0.1, 0.15) is 55.2 Å². The van der Waals surface area contributed by atoms with Crippen LogP contribution in [-0.4, -0.2) is 64.8 Å². The van der Waals surface area contributed by atoms with Gasteiger partial charge in [-0.3, -0.25) is 4.90 Å². The molecule has 4 fully saturated rings. The van der Waals surface area contributed by atoms with Crippen molar-refractivity contribution >= 4 is 39.6 Å². The number of ether oxygens (including phenoxy) is 1. The van der Waals surface area contributed by atoms with Crippen LogP contribution >= 0.6 is 11.6 Å². The molecular formula is C34H33ClF6N6O. The molecule has 48 heavy (non-hydrogen) atoms. The topological polar surface area (TPSA) is 79.5 Å². The summed E-state index contributed by atoms with van der Waals surface area (Å²) < 4.78 is 94.2. The third-order valence-electron chi connectivity index (χ3n) is 10.9. The number of piperazine rings is 1. The molecule has 0 spiro atoms. The maximum absolute atomic E-state index is 17.1. The van der Waals surface area contributed by atoms with Gasteiger partial charge in [-0.15, -0.1) is 0 Å². The van der Waals surface area contributed by atoms with E-state index in [0.717, 1.165) is 25.3 Å². The van der Waals surface area contributed by atoms with Crippen molar-refractivity contribution in [3.05, 3.63) is 57.9 Å². The Labute approximate surface area is 277 Å². The Hall–Kier alpha value is -3.55. The first-order valence-corrected chi connectivity index (χ1v) is 16.5. The number of nitrogens with two attached hydrogens (primary N) is 1. The van der Waals surface area contributed by atoms with E-state index in [4.69, 9.17) is 27.1 Å². The zero-order chi connectivity index (χ0) is 33.9. The van der Waals surface area contributed by atoms with E-state index in [1.807, 2.05) is 4.90 Å². The molecule has 0 amide bonds. The van der Waals surface area contributed by atoms with Crippen molar-refractivity contribution in [2.45, 2.75) is 75.3 Å². The molecule has 6 heterocycles. The maximum Gasteiger partial charge on any atom is 0.417 e. The summed E-state index contributed by atoms with van der Waals surface area (Å²) in [5.74, 6) is -0.708. The third-order valence-corrected chi connectivity index (χ3v) is 11.3. The highest BCUT2D eigenvalue weighted by atomic mass is 35.5. The van der Waals surface area contributed by atoms with Crippen LogP contribution in [0.4, 0.5) is 37.8 Å². The van der Waals surface area contributed by atoms with Crippen molar-refractivity contribution in [3.8, 4) is 17.1 Å². The molecule has 8 rings (SSSR count). The standard InChI is InChI=1S/C34H33ClF6N6O/c1-15-9-22-21-5-4-19(43-21)13-47(22)31-25-23(15)27(35)24(20-10-18(42)8-16(2)26(20)34(39,40)41)28(36)29(25)44-32(45-31)48-14-33-6-3-7-46(33)12-17(11-33)30(37)38/h8,10,19,21-22,43H,1,3-7,9,11-14,42H2,2H3/t19-,21+,22+,33+/m1/s1. The summed E-state index contributed by atoms with van der Waals surface area (Å²) in [4.78, 5) is 13.4. The molecule has 0 saturated carbocycles. The number of alkyl halides is 3. The molecule has 5 aliphatic heterocycles.